The number of hydrogen-bond acceptors (Lipinski definition) is 4. The first-order valence-electron chi connectivity index (χ1n) is 6.26. The van der Waals surface area contributed by atoms with E-state index in [1.54, 1.807) is 0 Å². The highest BCUT2D eigenvalue weighted by molar-refractivity contribution is 7.89. The van der Waals surface area contributed by atoms with Crippen LogP contribution in [0.1, 0.15) is 12.8 Å². The van der Waals surface area contributed by atoms with Gasteiger partial charge in [-0.3, -0.25) is 4.79 Å². The molecule has 0 saturated carbocycles. The Balaban J connectivity index is 2.71. The number of halogens is 1. The van der Waals surface area contributed by atoms with Gasteiger partial charge >= 0.3 is 12.0 Å². The second kappa shape index (κ2) is 7.97. The molecule has 1 rings (SSSR count). The molecule has 5 N–H and O–H groups in total. The summed E-state index contributed by atoms with van der Waals surface area (Å²) >= 11 is 5.67. The topological polar surface area (TPSA) is 139 Å². The van der Waals surface area contributed by atoms with Crippen LogP contribution in [0.15, 0.2) is 29.2 Å². The molecule has 0 aliphatic carbocycles. The Morgan fingerprint density at radius 1 is 1.27 bits per heavy atom. The molecule has 0 radical (unpaired) electrons. The van der Waals surface area contributed by atoms with Crippen LogP contribution in [0.5, 0.6) is 0 Å². The maximum absolute atomic E-state index is 12.1. The van der Waals surface area contributed by atoms with Crippen LogP contribution >= 0.6 is 11.6 Å². The zero-order chi connectivity index (χ0) is 16.8. The number of nitrogens with one attached hydrogen (secondary N) is 2. The number of aliphatic carboxylic acids is 1. The molecule has 0 spiro atoms. The van der Waals surface area contributed by atoms with Crippen LogP contribution in [0.25, 0.3) is 0 Å². The molecular formula is C12H16ClN3O5S. The molecule has 0 aliphatic heterocycles. The third kappa shape index (κ3) is 5.88. The van der Waals surface area contributed by atoms with Gasteiger partial charge in [-0.05, 0) is 37.1 Å². The first-order chi connectivity index (χ1) is 10.2. The average molecular weight is 350 g/mol. The van der Waals surface area contributed by atoms with Crippen molar-refractivity contribution in [3.63, 3.8) is 0 Å². The van der Waals surface area contributed by atoms with E-state index in [1.807, 2.05) is 0 Å². The minimum atomic E-state index is -3.98. The van der Waals surface area contributed by atoms with Gasteiger partial charge in [0.1, 0.15) is 6.04 Å². The summed E-state index contributed by atoms with van der Waals surface area (Å²) in [4.78, 5) is 21.5. The van der Waals surface area contributed by atoms with Crippen LogP contribution in [0.2, 0.25) is 5.02 Å². The Morgan fingerprint density at radius 3 is 2.36 bits per heavy atom. The van der Waals surface area contributed by atoms with Gasteiger partial charge in [-0.1, -0.05) is 11.6 Å². The zero-order valence-electron chi connectivity index (χ0n) is 11.5. The molecule has 0 fully saturated rings. The summed E-state index contributed by atoms with van der Waals surface area (Å²) in [6.07, 6.45) is 0.255. The molecule has 1 aromatic carbocycles. The number of urea groups is 1. The SMILES string of the molecule is NC(=O)NCCCC(NS(=O)(=O)c1ccc(Cl)cc1)C(=O)O. The summed E-state index contributed by atoms with van der Waals surface area (Å²) in [6, 6.07) is 3.30. The predicted molar refractivity (Wildman–Crippen MR) is 80.0 cm³/mol. The maximum Gasteiger partial charge on any atom is 0.321 e. The summed E-state index contributed by atoms with van der Waals surface area (Å²) in [6.45, 7) is 0.155. The van der Waals surface area contributed by atoms with E-state index in [2.05, 4.69) is 10.0 Å². The lowest BCUT2D eigenvalue weighted by Gasteiger charge is -2.15. The van der Waals surface area contributed by atoms with Crippen LogP contribution in [-0.2, 0) is 14.8 Å². The van der Waals surface area contributed by atoms with Gasteiger partial charge < -0.3 is 16.2 Å². The monoisotopic (exact) mass is 349 g/mol. The van der Waals surface area contributed by atoms with Gasteiger partial charge in [0.15, 0.2) is 0 Å². The number of benzene rings is 1. The lowest BCUT2D eigenvalue weighted by molar-refractivity contribution is -0.139. The van der Waals surface area contributed by atoms with E-state index in [-0.39, 0.29) is 24.3 Å². The van der Waals surface area contributed by atoms with Crippen molar-refractivity contribution in [1.82, 2.24) is 10.0 Å². The fourth-order valence-corrected chi connectivity index (χ4v) is 2.97. The van der Waals surface area contributed by atoms with Crippen molar-refractivity contribution in [3.05, 3.63) is 29.3 Å². The van der Waals surface area contributed by atoms with Gasteiger partial charge in [-0.25, -0.2) is 13.2 Å². The number of primary amides is 1. The molecule has 0 heterocycles. The number of carbonyl (C=O) groups excluding carboxylic acids is 1. The second-order valence-corrected chi connectivity index (χ2v) is 6.55. The van der Waals surface area contributed by atoms with Gasteiger partial charge in [0, 0.05) is 11.6 Å². The number of nitrogens with two attached hydrogens (primary N) is 1. The fraction of sp³-hybridized carbons (Fsp3) is 0.333. The van der Waals surface area contributed by atoms with Crippen molar-refractivity contribution in [2.45, 2.75) is 23.8 Å². The van der Waals surface area contributed by atoms with E-state index < -0.39 is 28.1 Å². The molecule has 0 saturated heterocycles. The number of carbonyl (C=O) groups is 2. The summed E-state index contributed by atoms with van der Waals surface area (Å²) in [5.74, 6) is -1.31. The zero-order valence-corrected chi connectivity index (χ0v) is 13.0. The summed E-state index contributed by atoms with van der Waals surface area (Å²) in [5.41, 5.74) is 4.87. The molecule has 1 atom stereocenters. The predicted octanol–water partition coefficient (Wildman–Crippen LogP) is 0.520. The van der Waals surface area contributed by atoms with Crippen molar-refractivity contribution >= 4 is 33.6 Å². The highest BCUT2D eigenvalue weighted by Crippen LogP contribution is 2.15. The van der Waals surface area contributed by atoms with E-state index in [0.29, 0.717) is 5.02 Å². The van der Waals surface area contributed by atoms with Crippen LogP contribution in [0, 0.1) is 0 Å². The Kier molecular flexibility index (Phi) is 6.60. The number of carboxylic acid groups (broad SMARTS) is 1. The highest BCUT2D eigenvalue weighted by Gasteiger charge is 2.24. The van der Waals surface area contributed by atoms with Crippen LogP contribution in [0.3, 0.4) is 0 Å². The van der Waals surface area contributed by atoms with Gasteiger partial charge in [-0.2, -0.15) is 4.72 Å². The first kappa shape index (κ1) is 18.2. The second-order valence-electron chi connectivity index (χ2n) is 4.40. The molecular weight excluding hydrogens is 334 g/mol. The number of hydrogen-bond donors (Lipinski definition) is 4. The molecule has 2 amide bonds. The van der Waals surface area contributed by atoms with Gasteiger partial charge in [0.05, 0.1) is 4.90 Å². The van der Waals surface area contributed by atoms with Crippen molar-refractivity contribution < 1.29 is 23.1 Å². The third-order valence-electron chi connectivity index (χ3n) is 2.69. The molecule has 1 unspecified atom stereocenters. The normalized spacial score (nSPS) is 12.6. The summed E-state index contributed by atoms with van der Waals surface area (Å²) in [7, 11) is -3.98. The molecule has 22 heavy (non-hydrogen) atoms. The van der Waals surface area contributed by atoms with Crippen LogP contribution < -0.4 is 15.8 Å². The van der Waals surface area contributed by atoms with Crippen LogP contribution in [0.4, 0.5) is 4.79 Å². The van der Waals surface area contributed by atoms with Gasteiger partial charge in [0.2, 0.25) is 10.0 Å². The summed E-state index contributed by atoms with van der Waals surface area (Å²) in [5, 5.41) is 11.7. The van der Waals surface area contributed by atoms with E-state index in [0.717, 1.165) is 0 Å². The Morgan fingerprint density at radius 2 is 1.86 bits per heavy atom. The minimum Gasteiger partial charge on any atom is -0.480 e. The lowest BCUT2D eigenvalue weighted by Crippen LogP contribution is -2.41. The Labute approximate surface area is 132 Å². The van der Waals surface area contributed by atoms with Crippen molar-refractivity contribution in [3.8, 4) is 0 Å². The minimum absolute atomic E-state index is 0.00241. The highest BCUT2D eigenvalue weighted by atomic mass is 35.5. The van der Waals surface area contributed by atoms with Crippen molar-refractivity contribution in [2.24, 2.45) is 5.73 Å². The molecule has 0 bridgehead atoms. The average Bonchev–Trinajstić information content (AvgIpc) is 2.42. The first-order valence-corrected chi connectivity index (χ1v) is 8.12. The molecule has 8 nitrogen and oxygen atoms in total. The Hall–Kier alpha value is -1.84. The van der Waals surface area contributed by atoms with E-state index in [9.17, 15) is 18.0 Å². The summed E-state index contributed by atoms with van der Waals surface area (Å²) < 4.78 is 26.3. The number of rotatable bonds is 8. The van der Waals surface area contributed by atoms with E-state index >= 15 is 0 Å². The van der Waals surface area contributed by atoms with Gasteiger partial charge in [-0.15, -0.1) is 0 Å². The molecule has 1 aromatic rings. The number of carboxylic acids is 1. The molecule has 122 valence electrons. The molecule has 10 heteroatoms. The van der Waals surface area contributed by atoms with Crippen molar-refractivity contribution in [1.29, 1.82) is 0 Å². The fourth-order valence-electron chi connectivity index (χ4n) is 1.62. The quantitative estimate of drug-likeness (QED) is 0.507. The molecule has 0 aromatic heterocycles. The standard InChI is InChI=1S/C12H16ClN3O5S/c13-8-3-5-9(6-4-8)22(20,21)16-10(11(17)18)2-1-7-15-12(14)19/h3-6,10,16H,1-2,7H2,(H,17,18)(H3,14,15,19). The van der Waals surface area contributed by atoms with Crippen molar-refractivity contribution in [2.75, 3.05) is 6.54 Å². The smallest absolute Gasteiger partial charge is 0.321 e. The van der Waals surface area contributed by atoms with E-state index in [4.69, 9.17) is 22.4 Å². The van der Waals surface area contributed by atoms with Crippen LogP contribution in [-0.4, -0.2) is 38.1 Å². The maximum atomic E-state index is 12.1. The number of sulfonamides is 1. The van der Waals surface area contributed by atoms with Gasteiger partial charge in [0.25, 0.3) is 0 Å². The number of amides is 2. The largest absolute Gasteiger partial charge is 0.480 e. The van der Waals surface area contributed by atoms with E-state index in [1.165, 1.54) is 24.3 Å². The molecule has 0 aliphatic rings. The Bertz CT molecular complexity index is 633. The lowest BCUT2D eigenvalue weighted by atomic mass is 10.2. The third-order valence-corrected chi connectivity index (χ3v) is 4.43.